The summed E-state index contributed by atoms with van der Waals surface area (Å²) in [5.41, 5.74) is 0.332. The Bertz CT molecular complexity index is 486. The first-order valence-electron chi connectivity index (χ1n) is 4.54. The van der Waals surface area contributed by atoms with E-state index in [9.17, 15) is 4.79 Å². The number of hydrogen-bond acceptors (Lipinski definition) is 4. The summed E-state index contributed by atoms with van der Waals surface area (Å²) >= 11 is 4.96. The highest BCUT2D eigenvalue weighted by Crippen LogP contribution is 2.21. The standard InChI is InChI=1S/C10H8BrN3OS/c11-9-2-1-7(16-9)5-14-10(15)8-6-12-3-4-13-8/h1-4,6H,5H2,(H,14,15). The van der Waals surface area contributed by atoms with Crippen LogP contribution < -0.4 is 5.32 Å². The fourth-order valence-electron chi connectivity index (χ4n) is 1.12. The van der Waals surface area contributed by atoms with Crippen molar-refractivity contribution in [2.45, 2.75) is 6.54 Å². The van der Waals surface area contributed by atoms with Crippen molar-refractivity contribution in [1.82, 2.24) is 15.3 Å². The molecule has 2 aromatic heterocycles. The molecule has 0 saturated heterocycles. The molecule has 0 bridgehead atoms. The first kappa shape index (κ1) is 11.2. The van der Waals surface area contributed by atoms with Crippen molar-refractivity contribution in [3.63, 3.8) is 0 Å². The number of thiophene rings is 1. The van der Waals surface area contributed by atoms with Gasteiger partial charge in [0.25, 0.3) is 5.91 Å². The van der Waals surface area contributed by atoms with Crippen LogP contribution in [-0.4, -0.2) is 15.9 Å². The monoisotopic (exact) mass is 297 g/mol. The fraction of sp³-hybridized carbons (Fsp3) is 0.100. The topological polar surface area (TPSA) is 54.9 Å². The molecule has 16 heavy (non-hydrogen) atoms. The van der Waals surface area contributed by atoms with Gasteiger partial charge in [-0.1, -0.05) is 0 Å². The van der Waals surface area contributed by atoms with Crippen molar-refractivity contribution in [2.75, 3.05) is 0 Å². The number of carbonyl (C=O) groups is 1. The predicted octanol–water partition coefficient (Wildman–Crippen LogP) is 2.23. The van der Waals surface area contributed by atoms with Crippen LogP contribution >= 0.6 is 27.3 Å². The lowest BCUT2D eigenvalue weighted by Crippen LogP contribution is -2.23. The lowest BCUT2D eigenvalue weighted by Gasteiger charge is -2.01. The third kappa shape index (κ3) is 2.86. The molecule has 1 amide bonds. The Hall–Kier alpha value is -1.27. The van der Waals surface area contributed by atoms with Gasteiger partial charge in [0.15, 0.2) is 0 Å². The molecule has 4 nitrogen and oxygen atoms in total. The molecule has 0 saturated carbocycles. The number of hydrogen-bond donors (Lipinski definition) is 1. The number of halogens is 1. The maximum Gasteiger partial charge on any atom is 0.271 e. The van der Waals surface area contributed by atoms with Crippen LogP contribution in [0.5, 0.6) is 0 Å². The van der Waals surface area contributed by atoms with Gasteiger partial charge in [0, 0.05) is 17.3 Å². The van der Waals surface area contributed by atoms with Gasteiger partial charge in [0.2, 0.25) is 0 Å². The summed E-state index contributed by atoms with van der Waals surface area (Å²) in [4.78, 5) is 20.4. The molecule has 0 aliphatic carbocycles. The summed E-state index contributed by atoms with van der Waals surface area (Å²) in [6.07, 6.45) is 4.48. The van der Waals surface area contributed by atoms with Gasteiger partial charge in [0.05, 0.1) is 16.5 Å². The minimum Gasteiger partial charge on any atom is -0.346 e. The molecule has 2 heterocycles. The zero-order valence-electron chi connectivity index (χ0n) is 8.18. The van der Waals surface area contributed by atoms with E-state index in [4.69, 9.17) is 0 Å². The van der Waals surface area contributed by atoms with E-state index in [1.165, 1.54) is 18.6 Å². The lowest BCUT2D eigenvalue weighted by molar-refractivity contribution is 0.0946. The first-order chi connectivity index (χ1) is 7.75. The van der Waals surface area contributed by atoms with Crippen LogP contribution in [0.15, 0.2) is 34.5 Å². The van der Waals surface area contributed by atoms with E-state index in [2.05, 4.69) is 31.2 Å². The molecule has 6 heteroatoms. The third-order valence-electron chi connectivity index (χ3n) is 1.85. The summed E-state index contributed by atoms with van der Waals surface area (Å²) in [5.74, 6) is -0.211. The SMILES string of the molecule is O=C(NCc1ccc(Br)s1)c1cnccn1. The van der Waals surface area contributed by atoms with E-state index in [-0.39, 0.29) is 5.91 Å². The molecule has 2 aromatic rings. The van der Waals surface area contributed by atoms with Crippen molar-refractivity contribution in [3.05, 3.63) is 45.1 Å². The molecule has 82 valence electrons. The highest BCUT2D eigenvalue weighted by molar-refractivity contribution is 9.11. The molecule has 2 rings (SSSR count). The average Bonchev–Trinajstić information content (AvgIpc) is 2.73. The zero-order chi connectivity index (χ0) is 11.4. The Labute approximate surface area is 105 Å². The van der Waals surface area contributed by atoms with E-state index in [1.807, 2.05) is 12.1 Å². The zero-order valence-corrected chi connectivity index (χ0v) is 10.6. The molecular formula is C10H8BrN3OS. The third-order valence-corrected chi connectivity index (χ3v) is 3.47. The molecule has 0 fully saturated rings. The van der Waals surface area contributed by atoms with Crippen LogP contribution in [0.3, 0.4) is 0 Å². The van der Waals surface area contributed by atoms with Crippen LogP contribution in [0.2, 0.25) is 0 Å². The Morgan fingerprint density at radius 1 is 1.44 bits per heavy atom. The highest BCUT2D eigenvalue weighted by Gasteiger charge is 2.06. The van der Waals surface area contributed by atoms with Gasteiger partial charge in [-0.05, 0) is 28.1 Å². The second-order valence-corrected chi connectivity index (χ2v) is 5.53. The predicted molar refractivity (Wildman–Crippen MR) is 65.2 cm³/mol. The molecule has 0 radical (unpaired) electrons. The number of aromatic nitrogens is 2. The number of amides is 1. The minimum absolute atomic E-state index is 0.211. The number of carbonyl (C=O) groups excluding carboxylic acids is 1. The largest absolute Gasteiger partial charge is 0.346 e. The number of nitrogens with zero attached hydrogens (tertiary/aromatic N) is 2. The van der Waals surface area contributed by atoms with Crippen molar-refractivity contribution < 1.29 is 4.79 Å². The Morgan fingerprint density at radius 2 is 2.31 bits per heavy atom. The van der Waals surface area contributed by atoms with Gasteiger partial charge in [0.1, 0.15) is 5.69 Å². The summed E-state index contributed by atoms with van der Waals surface area (Å²) in [6.45, 7) is 0.506. The fourth-order valence-corrected chi connectivity index (χ4v) is 2.54. The molecule has 0 aliphatic rings. The first-order valence-corrected chi connectivity index (χ1v) is 6.15. The summed E-state index contributed by atoms with van der Waals surface area (Å²) in [7, 11) is 0. The van der Waals surface area contributed by atoms with Gasteiger partial charge in [-0.15, -0.1) is 11.3 Å². The van der Waals surface area contributed by atoms with Gasteiger partial charge >= 0.3 is 0 Å². The molecule has 0 unspecified atom stereocenters. The maximum absolute atomic E-state index is 11.6. The molecular weight excluding hydrogens is 290 g/mol. The molecule has 1 N–H and O–H groups in total. The van der Waals surface area contributed by atoms with Gasteiger partial charge in [-0.2, -0.15) is 0 Å². The molecule has 0 spiro atoms. The van der Waals surface area contributed by atoms with E-state index in [0.717, 1.165) is 8.66 Å². The van der Waals surface area contributed by atoms with E-state index < -0.39 is 0 Å². The molecule has 0 aromatic carbocycles. The van der Waals surface area contributed by atoms with Crippen LogP contribution in [-0.2, 0) is 6.54 Å². The lowest BCUT2D eigenvalue weighted by atomic mass is 10.4. The quantitative estimate of drug-likeness (QED) is 0.945. The Kier molecular flexibility index (Phi) is 3.63. The summed E-state index contributed by atoms with van der Waals surface area (Å²) in [6, 6.07) is 3.92. The van der Waals surface area contributed by atoms with E-state index in [1.54, 1.807) is 11.3 Å². The smallest absolute Gasteiger partial charge is 0.271 e. The van der Waals surface area contributed by atoms with Crippen LogP contribution in [0, 0.1) is 0 Å². The Morgan fingerprint density at radius 3 is 2.94 bits per heavy atom. The molecule has 0 aliphatic heterocycles. The van der Waals surface area contributed by atoms with Gasteiger partial charge < -0.3 is 5.32 Å². The normalized spacial score (nSPS) is 10.1. The summed E-state index contributed by atoms with van der Waals surface area (Å²) < 4.78 is 1.05. The Balaban J connectivity index is 1.94. The second-order valence-electron chi connectivity index (χ2n) is 2.98. The second kappa shape index (κ2) is 5.18. The number of rotatable bonds is 3. The van der Waals surface area contributed by atoms with Crippen molar-refractivity contribution >= 4 is 33.2 Å². The van der Waals surface area contributed by atoms with Crippen LogP contribution in [0.4, 0.5) is 0 Å². The van der Waals surface area contributed by atoms with Crippen LogP contribution in [0.25, 0.3) is 0 Å². The van der Waals surface area contributed by atoms with E-state index in [0.29, 0.717) is 12.2 Å². The van der Waals surface area contributed by atoms with Gasteiger partial charge in [-0.3, -0.25) is 9.78 Å². The van der Waals surface area contributed by atoms with Crippen molar-refractivity contribution in [3.8, 4) is 0 Å². The van der Waals surface area contributed by atoms with E-state index >= 15 is 0 Å². The average molecular weight is 298 g/mol. The van der Waals surface area contributed by atoms with Gasteiger partial charge in [-0.25, -0.2) is 4.98 Å². The minimum atomic E-state index is -0.211. The highest BCUT2D eigenvalue weighted by atomic mass is 79.9. The van der Waals surface area contributed by atoms with Crippen molar-refractivity contribution in [2.24, 2.45) is 0 Å². The summed E-state index contributed by atoms with van der Waals surface area (Å²) in [5, 5.41) is 2.78. The molecule has 0 atom stereocenters. The number of nitrogens with one attached hydrogen (secondary N) is 1. The van der Waals surface area contributed by atoms with Crippen molar-refractivity contribution in [1.29, 1.82) is 0 Å². The van der Waals surface area contributed by atoms with Crippen LogP contribution in [0.1, 0.15) is 15.4 Å². The maximum atomic E-state index is 11.6.